The van der Waals surface area contributed by atoms with Gasteiger partial charge in [0, 0.05) is 5.56 Å². The second-order valence-corrected chi connectivity index (χ2v) is 5.11. The molecule has 0 heterocycles. The Morgan fingerprint density at radius 1 is 1.00 bits per heavy atom. The van der Waals surface area contributed by atoms with E-state index in [2.05, 4.69) is 0 Å². The zero-order valence-electron chi connectivity index (χ0n) is 11.6. The molecule has 0 saturated heterocycles. The lowest BCUT2D eigenvalue weighted by Crippen LogP contribution is -2.17. The van der Waals surface area contributed by atoms with Crippen LogP contribution in [0.25, 0.3) is 0 Å². The monoisotopic (exact) mass is 297 g/mol. The lowest BCUT2D eigenvalue weighted by Gasteiger charge is -2.17. The van der Waals surface area contributed by atoms with Crippen LogP contribution in [0.15, 0.2) is 36.4 Å². The van der Waals surface area contributed by atoms with Crippen molar-refractivity contribution in [3.63, 3.8) is 0 Å². The van der Waals surface area contributed by atoms with Crippen LogP contribution in [0.1, 0.15) is 33.9 Å². The molecule has 0 fully saturated rings. The van der Waals surface area contributed by atoms with Crippen LogP contribution in [0.2, 0.25) is 0 Å². The molecule has 0 amide bonds. The molecule has 2 aromatic carbocycles. The van der Waals surface area contributed by atoms with E-state index >= 15 is 0 Å². The Balaban J connectivity index is 2.51. The minimum Gasteiger partial charge on any atom is -0.320 e. The number of alkyl halides is 3. The van der Waals surface area contributed by atoms with Gasteiger partial charge in [-0.15, -0.1) is 0 Å². The summed E-state index contributed by atoms with van der Waals surface area (Å²) in [6, 6.07) is 7.64. The van der Waals surface area contributed by atoms with Crippen molar-refractivity contribution in [1.82, 2.24) is 0 Å². The standard InChI is InChI=1S/C16H15F4N/c1-9-6-10(2)8-11(7-9)15(21)12-4-3-5-13(14(12)17)16(18,19)20/h3-8,15H,21H2,1-2H3. The molecule has 0 aliphatic carbocycles. The van der Waals surface area contributed by atoms with Gasteiger partial charge in [0.15, 0.2) is 0 Å². The zero-order chi connectivity index (χ0) is 15.8. The lowest BCUT2D eigenvalue weighted by atomic mass is 9.94. The molecular formula is C16H15F4N. The first-order valence-electron chi connectivity index (χ1n) is 6.39. The van der Waals surface area contributed by atoms with Gasteiger partial charge in [-0.3, -0.25) is 0 Å². The van der Waals surface area contributed by atoms with Crippen LogP contribution < -0.4 is 5.73 Å². The molecule has 2 N–H and O–H groups in total. The molecule has 0 bridgehead atoms. The van der Waals surface area contributed by atoms with E-state index in [9.17, 15) is 17.6 Å². The molecule has 0 aliphatic heterocycles. The molecule has 1 atom stereocenters. The van der Waals surface area contributed by atoms with E-state index in [1.807, 2.05) is 19.9 Å². The minimum atomic E-state index is -4.73. The molecule has 5 heteroatoms. The first-order chi connectivity index (χ1) is 9.70. The van der Waals surface area contributed by atoms with Crippen molar-refractivity contribution in [2.75, 3.05) is 0 Å². The highest BCUT2D eigenvalue weighted by atomic mass is 19.4. The van der Waals surface area contributed by atoms with E-state index in [0.29, 0.717) is 11.6 Å². The molecule has 1 unspecified atom stereocenters. The number of nitrogens with two attached hydrogens (primary N) is 1. The predicted octanol–water partition coefficient (Wildman–Crippen LogP) is 4.51. The smallest absolute Gasteiger partial charge is 0.320 e. The Hall–Kier alpha value is -1.88. The van der Waals surface area contributed by atoms with Gasteiger partial charge in [-0.1, -0.05) is 41.5 Å². The van der Waals surface area contributed by atoms with Crippen molar-refractivity contribution in [1.29, 1.82) is 0 Å². The summed E-state index contributed by atoms with van der Waals surface area (Å²) in [4.78, 5) is 0. The van der Waals surface area contributed by atoms with E-state index in [4.69, 9.17) is 5.73 Å². The summed E-state index contributed by atoms with van der Waals surface area (Å²) in [6.07, 6.45) is -4.73. The normalized spacial score (nSPS) is 13.3. The number of hydrogen-bond donors (Lipinski definition) is 1. The highest BCUT2D eigenvalue weighted by Gasteiger charge is 2.35. The number of benzene rings is 2. The fourth-order valence-corrected chi connectivity index (χ4v) is 2.38. The third-order valence-corrected chi connectivity index (χ3v) is 3.27. The van der Waals surface area contributed by atoms with Crippen LogP contribution in [-0.4, -0.2) is 0 Å². The van der Waals surface area contributed by atoms with E-state index < -0.39 is 23.6 Å². The number of hydrogen-bond acceptors (Lipinski definition) is 1. The number of aryl methyl sites for hydroxylation is 2. The van der Waals surface area contributed by atoms with Crippen molar-refractivity contribution >= 4 is 0 Å². The van der Waals surface area contributed by atoms with Gasteiger partial charge in [0.2, 0.25) is 0 Å². The fraction of sp³-hybridized carbons (Fsp3) is 0.250. The van der Waals surface area contributed by atoms with Gasteiger partial charge in [-0.25, -0.2) is 4.39 Å². The van der Waals surface area contributed by atoms with Crippen molar-refractivity contribution in [3.05, 3.63) is 70.0 Å². The van der Waals surface area contributed by atoms with Crippen LogP contribution in [0, 0.1) is 19.7 Å². The van der Waals surface area contributed by atoms with E-state index in [-0.39, 0.29) is 5.56 Å². The third kappa shape index (κ3) is 3.24. The van der Waals surface area contributed by atoms with Gasteiger partial charge >= 0.3 is 6.18 Å². The maximum Gasteiger partial charge on any atom is 0.419 e. The van der Waals surface area contributed by atoms with Gasteiger partial charge < -0.3 is 5.73 Å². The van der Waals surface area contributed by atoms with Crippen molar-refractivity contribution in [2.45, 2.75) is 26.1 Å². The second kappa shape index (κ2) is 5.48. The highest BCUT2D eigenvalue weighted by molar-refractivity contribution is 5.39. The molecule has 2 rings (SSSR count). The molecular weight excluding hydrogens is 282 g/mol. The summed E-state index contributed by atoms with van der Waals surface area (Å²) in [7, 11) is 0. The molecule has 2 aromatic rings. The Labute approximate surface area is 120 Å². The topological polar surface area (TPSA) is 26.0 Å². The summed E-state index contributed by atoms with van der Waals surface area (Å²) in [5.74, 6) is -1.31. The summed E-state index contributed by atoms with van der Waals surface area (Å²) in [5, 5.41) is 0. The largest absolute Gasteiger partial charge is 0.419 e. The second-order valence-electron chi connectivity index (χ2n) is 5.11. The van der Waals surface area contributed by atoms with Crippen LogP contribution in [0.4, 0.5) is 17.6 Å². The van der Waals surface area contributed by atoms with E-state index in [1.54, 1.807) is 12.1 Å². The van der Waals surface area contributed by atoms with Crippen LogP contribution in [0.3, 0.4) is 0 Å². The van der Waals surface area contributed by atoms with E-state index in [0.717, 1.165) is 11.1 Å². The van der Waals surface area contributed by atoms with Gasteiger partial charge in [0.1, 0.15) is 5.82 Å². The third-order valence-electron chi connectivity index (χ3n) is 3.27. The highest BCUT2D eigenvalue weighted by Crippen LogP contribution is 2.34. The Morgan fingerprint density at radius 3 is 2.10 bits per heavy atom. The van der Waals surface area contributed by atoms with Crippen molar-refractivity contribution in [3.8, 4) is 0 Å². The van der Waals surface area contributed by atoms with Crippen LogP contribution in [0.5, 0.6) is 0 Å². The molecule has 1 nitrogen and oxygen atoms in total. The van der Waals surface area contributed by atoms with Crippen molar-refractivity contribution < 1.29 is 17.6 Å². The van der Waals surface area contributed by atoms with Gasteiger partial charge in [0.05, 0.1) is 11.6 Å². The first kappa shape index (κ1) is 15.5. The summed E-state index contributed by atoms with van der Waals surface area (Å²) in [6.45, 7) is 3.71. The maximum atomic E-state index is 14.1. The van der Waals surface area contributed by atoms with E-state index in [1.165, 1.54) is 12.1 Å². The molecule has 0 spiro atoms. The fourth-order valence-electron chi connectivity index (χ4n) is 2.38. The summed E-state index contributed by atoms with van der Waals surface area (Å²) < 4.78 is 52.3. The molecule has 21 heavy (non-hydrogen) atoms. The van der Waals surface area contributed by atoms with Crippen LogP contribution >= 0.6 is 0 Å². The minimum absolute atomic E-state index is 0.158. The molecule has 0 aromatic heterocycles. The molecule has 0 aliphatic rings. The predicted molar refractivity (Wildman–Crippen MR) is 73.3 cm³/mol. The zero-order valence-corrected chi connectivity index (χ0v) is 11.6. The summed E-state index contributed by atoms with van der Waals surface area (Å²) >= 11 is 0. The number of rotatable bonds is 2. The molecule has 112 valence electrons. The summed E-state index contributed by atoms with van der Waals surface area (Å²) in [5.41, 5.74) is 6.95. The SMILES string of the molecule is Cc1cc(C)cc(C(N)c2cccc(C(F)(F)F)c2F)c1. The quantitative estimate of drug-likeness (QED) is 0.811. The Bertz CT molecular complexity index is 642. The average molecular weight is 297 g/mol. The maximum absolute atomic E-state index is 14.1. The first-order valence-corrected chi connectivity index (χ1v) is 6.39. The Morgan fingerprint density at radius 2 is 1.57 bits per heavy atom. The molecule has 0 saturated carbocycles. The van der Waals surface area contributed by atoms with Crippen LogP contribution in [-0.2, 0) is 6.18 Å². The van der Waals surface area contributed by atoms with Gasteiger partial charge in [0.25, 0.3) is 0 Å². The molecule has 0 radical (unpaired) electrons. The average Bonchev–Trinajstić information content (AvgIpc) is 2.35. The lowest BCUT2D eigenvalue weighted by molar-refractivity contribution is -0.140. The number of halogens is 4. The Kier molecular flexibility index (Phi) is 4.05. The van der Waals surface area contributed by atoms with Gasteiger partial charge in [-0.2, -0.15) is 13.2 Å². The van der Waals surface area contributed by atoms with Gasteiger partial charge in [-0.05, 0) is 25.5 Å². The van der Waals surface area contributed by atoms with Crippen molar-refractivity contribution in [2.24, 2.45) is 5.73 Å².